The van der Waals surface area contributed by atoms with Crippen LogP contribution >= 0.6 is 0 Å². The highest BCUT2D eigenvalue weighted by Gasteiger charge is 2.70. The molecule has 0 amide bonds. The van der Waals surface area contributed by atoms with Crippen LogP contribution in [0, 0.1) is 13.8 Å². The summed E-state index contributed by atoms with van der Waals surface area (Å²) in [6, 6.07) is 24.4. The fraction of sp³-hybridized carbons (Fsp3) is 0.222. The van der Waals surface area contributed by atoms with Gasteiger partial charge in [0.2, 0.25) is 0 Å². The van der Waals surface area contributed by atoms with Crippen molar-refractivity contribution in [2.45, 2.75) is 25.4 Å². The van der Waals surface area contributed by atoms with Crippen LogP contribution < -0.4 is 4.90 Å². The lowest BCUT2D eigenvalue weighted by Crippen LogP contribution is -2.78. The van der Waals surface area contributed by atoms with Gasteiger partial charge in [-0.2, -0.15) is 0 Å². The Hall–Kier alpha value is -3.93. The molecule has 3 aromatic rings. The first-order chi connectivity index (χ1) is 16.0. The molecule has 0 N–H and O–H groups in total. The van der Waals surface area contributed by atoms with Gasteiger partial charge < -0.3 is 14.4 Å². The number of anilines is 1. The van der Waals surface area contributed by atoms with Crippen molar-refractivity contribution in [2.24, 2.45) is 4.99 Å². The summed E-state index contributed by atoms with van der Waals surface area (Å²) in [7, 11) is 2.53. The number of hydrogen-bond donors (Lipinski definition) is 0. The minimum absolute atomic E-state index is 0.369. The van der Waals surface area contributed by atoms with Crippen molar-refractivity contribution in [3.05, 3.63) is 95.6 Å². The third-order valence-electron chi connectivity index (χ3n) is 6.03. The SMILES string of the molecule is COC(=O)C1(C(=O)OC)C(=Nc2c(C)cccc2C)C(c2ccccc2)N1c1ccccc1. The number of rotatable bonds is 5. The maximum atomic E-state index is 13.4. The van der Waals surface area contributed by atoms with E-state index in [1.807, 2.05) is 92.7 Å². The van der Waals surface area contributed by atoms with E-state index < -0.39 is 23.5 Å². The van der Waals surface area contributed by atoms with Crippen LogP contribution in [0.25, 0.3) is 0 Å². The average molecular weight is 443 g/mol. The van der Waals surface area contributed by atoms with E-state index in [9.17, 15) is 9.59 Å². The molecule has 1 unspecified atom stereocenters. The van der Waals surface area contributed by atoms with E-state index >= 15 is 0 Å². The average Bonchev–Trinajstić information content (AvgIpc) is 2.84. The Balaban J connectivity index is 2.06. The van der Waals surface area contributed by atoms with Gasteiger partial charge in [-0.25, -0.2) is 9.59 Å². The number of carbonyl (C=O) groups is 2. The lowest BCUT2D eigenvalue weighted by molar-refractivity contribution is -0.159. The van der Waals surface area contributed by atoms with Gasteiger partial charge in [-0.3, -0.25) is 4.99 Å². The van der Waals surface area contributed by atoms with Crippen molar-refractivity contribution in [1.29, 1.82) is 0 Å². The van der Waals surface area contributed by atoms with Gasteiger partial charge in [-0.15, -0.1) is 0 Å². The Morgan fingerprint density at radius 2 is 1.30 bits per heavy atom. The molecule has 0 spiro atoms. The Labute approximate surface area is 193 Å². The fourth-order valence-corrected chi connectivity index (χ4v) is 4.47. The maximum Gasteiger partial charge on any atom is 0.349 e. The molecule has 1 aliphatic heterocycles. The van der Waals surface area contributed by atoms with Crippen molar-refractivity contribution < 1.29 is 19.1 Å². The smallest absolute Gasteiger partial charge is 0.349 e. The molecule has 6 nitrogen and oxygen atoms in total. The summed E-state index contributed by atoms with van der Waals surface area (Å²) in [4.78, 5) is 33.5. The normalized spacial score (nSPS) is 17.9. The Kier molecular flexibility index (Phi) is 6.01. The molecule has 0 radical (unpaired) electrons. The van der Waals surface area contributed by atoms with Crippen LogP contribution in [0.1, 0.15) is 22.7 Å². The zero-order valence-corrected chi connectivity index (χ0v) is 19.1. The number of hydrogen-bond acceptors (Lipinski definition) is 6. The molecule has 4 rings (SSSR count). The number of aryl methyl sites for hydroxylation is 2. The molecule has 1 aliphatic rings. The van der Waals surface area contributed by atoms with Crippen molar-refractivity contribution in [2.75, 3.05) is 19.1 Å². The third-order valence-corrected chi connectivity index (χ3v) is 6.03. The van der Waals surface area contributed by atoms with Gasteiger partial charge in [0.15, 0.2) is 0 Å². The molecule has 33 heavy (non-hydrogen) atoms. The minimum atomic E-state index is -1.85. The number of methoxy groups -OCH3 is 2. The van der Waals surface area contributed by atoms with Crippen molar-refractivity contribution in [1.82, 2.24) is 0 Å². The third kappa shape index (κ3) is 3.48. The number of benzene rings is 3. The van der Waals surface area contributed by atoms with E-state index in [1.165, 1.54) is 14.2 Å². The van der Waals surface area contributed by atoms with Crippen LogP contribution in [-0.2, 0) is 19.1 Å². The number of esters is 2. The predicted octanol–water partition coefficient (Wildman–Crippen LogP) is 4.72. The molecular weight excluding hydrogens is 416 g/mol. The van der Waals surface area contributed by atoms with Crippen LogP contribution in [0.4, 0.5) is 11.4 Å². The summed E-state index contributed by atoms with van der Waals surface area (Å²) in [6.45, 7) is 3.91. The van der Waals surface area contributed by atoms with E-state index in [0.717, 1.165) is 22.4 Å². The summed E-state index contributed by atoms with van der Waals surface area (Å²) in [5, 5.41) is 0. The van der Waals surface area contributed by atoms with Gasteiger partial charge >= 0.3 is 11.9 Å². The van der Waals surface area contributed by atoms with Crippen molar-refractivity contribution in [3.63, 3.8) is 0 Å². The van der Waals surface area contributed by atoms with E-state index in [0.29, 0.717) is 11.4 Å². The van der Waals surface area contributed by atoms with Gasteiger partial charge in [-0.1, -0.05) is 66.7 Å². The number of aliphatic imine (C=N–C) groups is 1. The number of carbonyl (C=O) groups excluding carboxylic acids is 2. The van der Waals surface area contributed by atoms with Crippen molar-refractivity contribution in [3.8, 4) is 0 Å². The van der Waals surface area contributed by atoms with Gasteiger partial charge in [0.1, 0.15) is 0 Å². The number of nitrogens with zero attached hydrogens (tertiary/aromatic N) is 2. The number of para-hydroxylation sites is 2. The topological polar surface area (TPSA) is 68.2 Å². The minimum Gasteiger partial charge on any atom is -0.467 e. The standard InChI is InChI=1S/C27H26N2O4/c1-18-12-11-13-19(2)22(18)28-24-23(20-14-7-5-8-15-20)29(21-16-9-6-10-17-21)27(24,25(30)32-3)26(31)33-4/h5-17,23H,1-4H3. The Morgan fingerprint density at radius 1 is 0.788 bits per heavy atom. The highest BCUT2D eigenvalue weighted by molar-refractivity contribution is 6.37. The first kappa shape index (κ1) is 22.3. The molecule has 3 aromatic carbocycles. The van der Waals surface area contributed by atoms with Crippen LogP contribution in [-0.4, -0.2) is 37.4 Å². The highest BCUT2D eigenvalue weighted by atomic mass is 16.5. The summed E-state index contributed by atoms with van der Waals surface area (Å²) in [5.74, 6) is -1.48. The van der Waals surface area contributed by atoms with Gasteiger partial charge in [0.25, 0.3) is 5.54 Å². The molecule has 1 saturated heterocycles. The second-order valence-corrected chi connectivity index (χ2v) is 7.95. The van der Waals surface area contributed by atoms with Gasteiger partial charge in [0, 0.05) is 5.69 Å². The largest absolute Gasteiger partial charge is 0.467 e. The molecule has 0 bridgehead atoms. The maximum absolute atomic E-state index is 13.4. The molecule has 0 saturated carbocycles. The molecule has 1 atom stereocenters. The van der Waals surface area contributed by atoms with Gasteiger partial charge in [-0.05, 0) is 42.7 Å². The molecular formula is C27H26N2O4. The van der Waals surface area contributed by atoms with Crippen LogP contribution in [0.15, 0.2) is 83.9 Å². The van der Waals surface area contributed by atoms with E-state index in [2.05, 4.69) is 0 Å². The second-order valence-electron chi connectivity index (χ2n) is 7.95. The summed E-state index contributed by atoms with van der Waals surface area (Å²) in [6.07, 6.45) is 0. The molecule has 0 aromatic heterocycles. The van der Waals surface area contributed by atoms with Crippen LogP contribution in [0.2, 0.25) is 0 Å². The summed E-state index contributed by atoms with van der Waals surface area (Å²) in [5.41, 5.74) is 2.71. The lowest BCUT2D eigenvalue weighted by atomic mass is 9.72. The summed E-state index contributed by atoms with van der Waals surface area (Å²) >= 11 is 0. The predicted molar refractivity (Wildman–Crippen MR) is 128 cm³/mol. The van der Waals surface area contributed by atoms with E-state index in [1.54, 1.807) is 4.90 Å². The van der Waals surface area contributed by atoms with Crippen molar-refractivity contribution >= 4 is 29.0 Å². The van der Waals surface area contributed by atoms with Gasteiger partial charge in [0.05, 0.1) is 31.7 Å². The monoisotopic (exact) mass is 442 g/mol. The molecule has 1 fully saturated rings. The quantitative estimate of drug-likeness (QED) is 0.422. The molecule has 0 aliphatic carbocycles. The van der Waals surface area contributed by atoms with Crippen LogP contribution in [0.3, 0.4) is 0 Å². The molecule has 1 heterocycles. The lowest BCUT2D eigenvalue weighted by Gasteiger charge is -2.56. The summed E-state index contributed by atoms with van der Waals surface area (Å²) < 4.78 is 10.4. The van der Waals surface area contributed by atoms with Crippen LogP contribution in [0.5, 0.6) is 0 Å². The second kappa shape index (κ2) is 8.90. The highest BCUT2D eigenvalue weighted by Crippen LogP contribution is 2.50. The van der Waals surface area contributed by atoms with E-state index in [-0.39, 0.29) is 0 Å². The fourth-order valence-electron chi connectivity index (χ4n) is 4.47. The molecule has 168 valence electrons. The zero-order chi connectivity index (χ0) is 23.6. The molecule has 6 heteroatoms. The Morgan fingerprint density at radius 3 is 1.82 bits per heavy atom. The Bertz CT molecular complexity index is 1170. The first-order valence-corrected chi connectivity index (χ1v) is 10.7. The van der Waals surface area contributed by atoms with E-state index in [4.69, 9.17) is 14.5 Å². The first-order valence-electron chi connectivity index (χ1n) is 10.7. The number of ether oxygens (including phenoxy) is 2. The zero-order valence-electron chi connectivity index (χ0n) is 19.1.